The molecular formula is C15H19BrN4O3. The van der Waals surface area contributed by atoms with Crippen molar-refractivity contribution in [1.82, 2.24) is 15.5 Å². The van der Waals surface area contributed by atoms with Gasteiger partial charge in [0.25, 0.3) is 5.91 Å². The Labute approximate surface area is 142 Å². The Kier molecular flexibility index (Phi) is 5.97. The zero-order valence-corrected chi connectivity index (χ0v) is 14.1. The molecule has 0 aliphatic carbocycles. The number of hydrogen-bond donors (Lipinski definition) is 3. The van der Waals surface area contributed by atoms with Gasteiger partial charge in [-0.2, -0.15) is 0 Å². The molecule has 4 N–H and O–H groups in total. The first-order valence-electron chi connectivity index (χ1n) is 7.33. The highest BCUT2D eigenvalue weighted by Crippen LogP contribution is 2.12. The molecule has 23 heavy (non-hydrogen) atoms. The van der Waals surface area contributed by atoms with Crippen LogP contribution in [0.25, 0.3) is 0 Å². The predicted octanol–water partition coefficient (Wildman–Crippen LogP) is 0.838. The number of nitrogens with two attached hydrogens (primary N) is 1. The summed E-state index contributed by atoms with van der Waals surface area (Å²) in [5.74, 6) is -0.421. The molecule has 1 saturated heterocycles. The van der Waals surface area contributed by atoms with Crippen molar-refractivity contribution in [1.29, 1.82) is 0 Å². The number of carbonyl (C=O) groups excluding carboxylic acids is 3. The number of urea groups is 1. The van der Waals surface area contributed by atoms with Crippen LogP contribution < -0.4 is 16.4 Å². The lowest BCUT2D eigenvalue weighted by Crippen LogP contribution is -2.49. The lowest BCUT2D eigenvalue weighted by molar-refractivity contribution is -0.131. The van der Waals surface area contributed by atoms with Gasteiger partial charge >= 0.3 is 6.03 Å². The number of hydrogen-bond acceptors (Lipinski definition) is 3. The first kappa shape index (κ1) is 17.3. The van der Waals surface area contributed by atoms with E-state index >= 15 is 0 Å². The largest absolute Gasteiger partial charge is 0.352 e. The Hall–Kier alpha value is -2.09. The van der Waals surface area contributed by atoms with Crippen LogP contribution in [0, 0.1) is 0 Å². The molecule has 0 bridgehead atoms. The van der Waals surface area contributed by atoms with Gasteiger partial charge in [0.2, 0.25) is 5.91 Å². The minimum absolute atomic E-state index is 0.00723. The summed E-state index contributed by atoms with van der Waals surface area (Å²) in [5, 5.41) is 5.27. The number of primary amides is 1. The van der Waals surface area contributed by atoms with Crippen molar-refractivity contribution in [3.05, 3.63) is 34.3 Å². The summed E-state index contributed by atoms with van der Waals surface area (Å²) >= 11 is 3.30. The molecule has 7 nitrogen and oxygen atoms in total. The summed E-state index contributed by atoms with van der Waals surface area (Å²) in [6.45, 7) is 1.03. The number of nitrogens with zero attached hydrogens (tertiary/aromatic N) is 1. The lowest BCUT2D eigenvalue weighted by Gasteiger charge is -2.32. The van der Waals surface area contributed by atoms with Crippen LogP contribution in [0.2, 0.25) is 0 Å². The number of benzene rings is 1. The van der Waals surface area contributed by atoms with Crippen molar-refractivity contribution >= 4 is 33.8 Å². The Morgan fingerprint density at radius 3 is 2.57 bits per heavy atom. The molecule has 0 spiro atoms. The summed E-state index contributed by atoms with van der Waals surface area (Å²) in [6, 6.07) is 6.43. The van der Waals surface area contributed by atoms with E-state index in [4.69, 9.17) is 5.73 Å². The lowest BCUT2D eigenvalue weighted by atomic mass is 10.1. The molecule has 8 heteroatoms. The van der Waals surface area contributed by atoms with Crippen LogP contribution in [-0.2, 0) is 4.79 Å². The zero-order valence-electron chi connectivity index (χ0n) is 12.5. The van der Waals surface area contributed by atoms with Gasteiger partial charge in [-0.1, -0.05) is 22.0 Å². The predicted molar refractivity (Wildman–Crippen MR) is 88.8 cm³/mol. The fourth-order valence-corrected chi connectivity index (χ4v) is 2.87. The standard InChI is InChI=1S/C15H19BrN4O3/c16-11-3-1-2-10(8-11)14(22)18-9-13(21)20-6-4-12(5-7-20)19-15(17)23/h1-3,8,12H,4-7,9H2,(H,18,22)(H3,17,19,23). The second-order valence-electron chi connectivity index (χ2n) is 5.36. The van der Waals surface area contributed by atoms with Gasteiger partial charge in [0, 0.05) is 29.2 Å². The molecule has 0 saturated carbocycles. The maximum Gasteiger partial charge on any atom is 0.312 e. The van der Waals surface area contributed by atoms with Crippen molar-refractivity contribution in [2.45, 2.75) is 18.9 Å². The van der Waals surface area contributed by atoms with E-state index in [1.807, 2.05) is 6.07 Å². The number of nitrogens with one attached hydrogen (secondary N) is 2. The minimum atomic E-state index is -0.545. The van der Waals surface area contributed by atoms with E-state index < -0.39 is 6.03 Å². The van der Waals surface area contributed by atoms with Gasteiger partial charge < -0.3 is 21.3 Å². The summed E-state index contributed by atoms with van der Waals surface area (Å²) < 4.78 is 0.806. The summed E-state index contributed by atoms with van der Waals surface area (Å²) in [4.78, 5) is 36.6. The molecule has 1 aromatic rings. The number of likely N-dealkylation sites (tertiary alicyclic amines) is 1. The Balaban J connectivity index is 1.77. The van der Waals surface area contributed by atoms with E-state index in [0.29, 0.717) is 31.5 Å². The van der Waals surface area contributed by atoms with Crippen molar-refractivity contribution < 1.29 is 14.4 Å². The van der Waals surface area contributed by atoms with Crippen LogP contribution in [0.3, 0.4) is 0 Å². The third-order valence-corrected chi connectivity index (χ3v) is 4.17. The second-order valence-corrected chi connectivity index (χ2v) is 6.27. The fraction of sp³-hybridized carbons (Fsp3) is 0.400. The van der Waals surface area contributed by atoms with E-state index in [1.165, 1.54) is 0 Å². The topological polar surface area (TPSA) is 105 Å². The van der Waals surface area contributed by atoms with Gasteiger partial charge in [-0.25, -0.2) is 4.79 Å². The van der Waals surface area contributed by atoms with Gasteiger partial charge in [0.15, 0.2) is 0 Å². The Morgan fingerprint density at radius 2 is 1.96 bits per heavy atom. The van der Waals surface area contributed by atoms with Crippen molar-refractivity contribution in [3.8, 4) is 0 Å². The molecule has 0 aromatic heterocycles. The molecule has 1 aromatic carbocycles. The smallest absolute Gasteiger partial charge is 0.312 e. The number of halogens is 1. The number of rotatable bonds is 4. The van der Waals surface area contributed by atoms with Crippen LogP contribution >= 0.6 is 15.9 Å². The third-order valence-electron chi connectivity index (χ3n) is 3.68. The first-order chi connectivity index (χ1) is 11.0. The molecule has 0 atom stereocenters. The number of amides is 4. The van der Waals surface area contributed by atoms with E-state index in [-0.39, 0.29) is 24.4 Å². The van der Waals surface area contributed by atoms with Crippen LogP contribution in [-0.4, -0.2) is 48.4 Å². The molecule has 1 fully saturated rings. The summed E-state index contributed by atoms with van der Waals surface area (Å²) in [7, 11) is 0. The van der Waals surface area contributed by atoms with Crippen LogP contribution in [0.1, 0.15) is 23.2 Å². The van der Waals surface area contributed by atoms with Gasteiger partial charge in [0.05, 0.1) is 6.54 Å². The molecule has 124 valence electrons. The minimum Gasteiger partial charge on any atom is -0.352 e. The maximum absolute atomic E-state index is 12.1. The Bertz CT molecular complexity index is 600. The normalized spacial score (nSPS) is 15.1. The SMILES string of the molecule is NC(=O)NC1CCN(C(=O)CNC(=O)c2cccc(Br)c2)CC1. The average Bonchev–Trinajstić information content (AvgIpc) is 2.52. The van der Waals surface area contributed by atoms with Gasteiger partial charge in [-0.05, 0) is 31.0 Å². The molecule has 0 radical (unpaired) electrons. The van der Waals surface area contributed by atoms with Crippen molar-refractivity contribution in [2.24, 2.45) is 5.73 Å². The van der Waals surface area contributed by atoms with Crippen molar-refractivity contribution in [2.75, 3.05) is 19.6 Å². The molecule has 4 amide bonds. The highest BCUT2D eigenvalue weighted by molar-refractivity contribution is 9.10. The van der Waals surface area contributed by atoms with Crippen molar-refractivity contribution in [3.63, 3.8) is 0 Å². The maximum atomic E-state index is 12.1. The molecule has 1 aliphatic heterocycles. The van der Waals surface area contributed by atoms with E-state index in [1.54, 1.807) is 23.1 Å². The molecule has 2 rings (SSSR count). The molecule has 1 heterocycles. The third kappa shape index (κ3) is 5.24. The average molecular weight is 383 g/mol. The van der Waals surface area contributed by atoms with E-state index in [2.05, 4.69) is 26.6 Å². The van der Waals surface area contributed by atoms with Gasteiger partial charge in [0.1, 0.15) is 0 Å². The quantitative estimate of drug-likeness (QED) is 0.718. The zero-order chi connectivity index (χ0) is 16.8. The van der Waals surface area contributed by atoms with Crippen LogP contribution in [0.5, 0.6) is 0 Å². The van der Waals surface area contributed by atoms with Gasteiger partial charge in [-0.3, -0.25) is 9.59 Å². The monoisotopic (exact) mass is 382 g/mol. The Morgan fingerprint density at radius 1 is 1.26 bits per heavy atom. The van der Waals surface area contributed by atoms with Crippen LogP contribution in [0.4, 0.5) is 4.79 Å². The van der Waals surface area contributed by atoms with Crippen LogP contribution in [0.15, 0.2) is 28.7 Å². The summed E-state index contributed by atoms with van der Waals surface area (Å²) in [6.07, 6.45) is 1.32. The molecular weight excluding hydrogens is 364 g/mol. The highest BCUT2D eigenvalue weighted by Gasteiger charge is 2.23. The second kappa shape index (κ2) is 7.96. The molecule has 0 unspecified atom stereocenters. The van der Waals surface area contributed by atoms with E-state index in [9.17, 15) is 14.4 Å². The number of carbonyl (C=O) groups is 3. The van der Waals surface area contributed by atoms with E-state index in [0.717, 1.165) is 4.47 Å². The fourth-order valence-electron chi connectivity index (χ4n) is 2.47. The summed E-state index contributed by atoms with van der Waals surface area (Å²) in [5.41, 5.74) is 5.58. The first-order valence-corrected chi connectivity index (χ1v) is 8.12. The highest BCUT2D eigenvalue weighted by atomic mass is 79.9. The molecule has 1 aliphatic rings. The number of piperidine rings is 1. The van der Waals surface area contributed by atoms with Gasteiger partial charge in [-0.15, -0.1) is 0 Å².